The normalized spacial score (nSPS) is 16.1. The highest BCUT2D eigenvalue weighted by Crippen LogP contribution is 2.40. The van der Waals surface area contributed by atoms with Crippen molar-refractivity contribution in [2.75, 3.05) is 31.1 Å². The van der Waals surface area contributed by atoms with E-state index in [0.29, 0.717) is 0 Å². The largest absolute Gasteiger partial charge is 0.368 e. The summed E-state index contributed by atoms with van der Waals surface area (Å²) < 4.78 is 13.2. The summed E-state index contributed by atoms with van der Waals surface area (Å²) in [7, 11) is 0. The van der Waals surface area contributed by atoms with Crippen molar-refractivity contribution in [3.05, 3.63) is 84.2 Å². The first-order chi connectivity index (χ1) is 13.8. The van der Waals surface area contributed by atoms with Gasteiger partial charge in [0, 0.05) is 47.2 Å². The van der Waals surface area contributed by atoms with Gasteiger partial charge in [0.1, 0.15) is 11.7 Å². The number of halogens is 1. The molecule has 2 heterocycles. The third-order valence-electron chi connectivity index (χ3n) is 5.21. The molecule has 0 aromatic heterocycles. The average molecular weight is 389 g/mol. The minimum atomic E-state index is -0.192. The second kappa shape index (κ2) is 7.32. The summed E-state index contributed by atoms with van der Waals surface area (Å²) >= 11 is 1.78. The zero-order valence-electron chi connectivity index (χ0n) is 15.4. The second-order valence-electron chi connectivity index (χ2n) is 6.95. The molecule has 3 aromatic carbocycles. The van der Waals surface area contributed by atoms with Crippen molar-refractivity contribution in [2.24, 2.45) is 4.99 Å². The molecule has 3 nitrogen and oxygen atoms in total. The molecule has 5 heteroatoms. The Hall–Kier alpha value is -2.79. The lowest BCUT2D eigenvalue weighted by Crippen LogP contribution is -2.49. The van der Waals surface area contributed by atoms with Gasteiger partial charge in [0.25, 0.3) is 0 Å². The third kappa shape index (κ3) is 3.27. The van der Waals surface area contributed by atoms with Crippen LogP contribution >= 0.6 is 11.8 Å². The second-order valence-corrected chi connectivity index (χ2v) is 8.04. The SMILES string of the molecule is Fc1ccc(N2CCN(C3=Nc4ccccc4Sc4ccccc43)CC2)cc1. The van der Waals surface area contributed by atoms with Crippen molar-refractivity contribution in [1.29, 1.82) is 0 Å². The fourth-order valence-corrected chi connectivity index (χ4v) is 4.76. The van der Waals surface area contributed by atoms with E-state index < -0.39 is 0 Å². The lowest BCUT2D eigenvalue weighted by atomic mass is 10.1. The molecule has 1 fully saturated rings. The first-order valence-electron chi connectivity index (χ1n) is 9.48. The summed E-state index contributed by atoms with van der Waals surface area (Å²) in [5, 5.41) is 0. The number of benzene rings is 3. The van der Waals surface area contributed by atoms with E-state index in [0.717, 1.165) is 43.4 Å². The van der Waals surface area contributed by atoms with E-state index in [2.05, 4.69) is 52.3 Å². The summed E-state index contributed by atoms with van der Waals surface area (Å²) in [4.78, 5) is 12.2. The van der Waals surface area contributed by atoms with Gasteiger partial charge >= 0.3 is 0 Å². The summed E-state index contributed by atoms with van der Waals surface area (Å²) in [6.07, 6.45) is 0. The highest BCUT2D eigenvalue weighted by atomic mass is 32.2. The van der Waals surface area contributed by atoms with Crippen molar-refractivity contribution in [1.82, 2.24) is 4.90 Å². The molecule has 3 aromatic rings. The van der Waals surface area contributed by atoms with Crippen LogP contribution in [-0.4, -0.2) is 36.9 Å². The topological polar surface area (TPSA) is 18.8 Å². The molecule has 1 saturated heterocycles. The van der Waals surface area contributed by atoms with Gasteiger partial charge in [-0.3, -0.25) is 0 Å². The Morgan fingerprint density at radius 1 is 0.714 bits per heavy atom. The monoisotopic (exact) mass is 389 g/mol. The number of amidine groups is 1. The van der Waals surface area contributed by atoms with E-state index in [1.807, 2.05) is 18.2 Å². The summed E-state index contributed by atoms with van der Waals surface area (Å²) in [5.41, 5.74) is 3.30. The van der Waals surface area contributed by atoms with Crippen molar-refractivity contribution in [3.8, 4) is 0 Å². The molecule has 0 spiro atoms. The number of nitrogens with zero attached hydrogens (tertiary/aromatic N) is 3. The molecule has 5 rings (SSSR count). The van der Waals surface area contributed by atoms with E-state index in [1.54, 1.807) is 11.8 Å². The fraction of sp³-hybridized carbons (Fsp3) is 0.174. The van der Waals surface area contributed by atoms with Crippen LogP contribution in [0.1, 0.15) is 5.56 Å². The van der Waals surface area contributed by atoms with E-state index in [4.69, 9.17) is 4.99 Å². The van der Waals surface area contributed by atoms with Gasteiger partial charge in [-0.1, -0.05) is 42.1 Å². The number of hydrogen-bond acceptors (Lipinski definition) is 4. The summed E-state index contributed by atoms with van der Waals surface area (Å²) in [6.45, 7) is 3.55. The summed E-state index contributed by atoms with van der Waals surface area (Å²) in [6, 6.07) is 23.6. The number of anilines is 1. The van der Waals surface area contributed by atoms with Crippen LogP contribution in [0.25, 0.3) is 0 Å². The molecule has 0 N–H and O–H groups in total. The number of piperazine rings is 1. The minimum Gasteiger partial charge on any atom is -0.368 e. The quantitative estimate of drug-likeness (QED) is 0.571. The number of rotatable bonds is 1. The molecule has 0 unspecified atom stereocenters. The van der Waals surface area contributed by atoms with Crippen LogP contribution in [-0.2, 0) is 0 Å². The molecule has 28 heavy (non-hydrogen) atoms. The maximum atomic E-state index is 13.2. The Balaban J connectivity index is 1.44. The molecule has 0 amide bonds. The Kier molecular flexibility index (Phi) is 4.53. The Labute approximate surface area is 168 Å². The lowest BCUT2D eigenvalue weighted by molar-refractivity contribution is 0.386. The van der Waals surface area contributed by atoms with Crippen LogP contribution in [0.3, 0.4) is 0 Å². The Morgan fingerprint density at radius 3 is 2.14 bits per heavy atom. The highest BCUT2D eigenvalue weighted by Gasteiger charge is 2.25. The zero-order valence-corrected chi connectivity index (χ0v) is 16.2. The van der Waals surface area contributed by atoms with Gasteiger partial charge in [0.15, 0.2) is 0 Å². The van der Waals surface area contributed by atoms with E-state index in [1.165, 1.54) is 27.5 Å². The average Bonchev–Trinajstić information content (AvgIpc) is 2.91. The highest BCUT2D eigenvalue weighted by molar-refractivity contribution is 7.99. The molecule has 140 valence electrons. The van der Waals surface area contributed by atoms with E-state index in [9.17, 15) is 4.39 Å². The number of para-hydroxylation sites is 1. The van der Waals surface area contributed by atoms with Crippen molar-refractivity contribution in [2.45, 2.75) is 9.79 Å². The van der Waals surface area contributed by atoms with Gasteiger partial charge in [-0.25, -0.2) is 9.38 Å². The number of aliphatic imine (C=N–C) groups is 1. The third-order valence-corrected chi connectivity index (χ3v) is 6.35. The molecular weight excluding hydrogens is 369 g/mol. The van der Waals surface area contributed by atoms with Crippen LogP contribution in [0.4, 0.5) is 15.8 Å². The van der Waals surface area contributed by atoms with Gasteiger partial charge in [-0.2, -0.15) is 0 Å². The van der Waals surface area contributed by atoms with Crippen molar-refractivity contribution in [3.63, 3.8) is 0 Å². The van der Waals surface area contributed by atoms with Crippen LogP contribution in [0.15, 0.2) is 87.6 Å². The predicted octanol–water partition coefficient (Wildman–Crippen LogP) is 5.19. The Morgan fingerprint density at radius 2 is 1.36 bits per heavy atom. The molecule has 2 aliphatic rings. The fourth-order valence-electron chi connectivity index (χ4n) is 3.74. The van der Waals surface area contributed by atoms with E-state index >= 15 is 0 Å². The maximum absolute atomic E-state index is 13.2. The predicted molar refractivity (Wildman–Crippen MR) is 113 cm³/mol. The maximum Gasteiger partial charge on any atom is 0.137 e. The van der Waals surface area contributed by atoms with Gasteiger partial charge in [0.05, 0.1) is 5.69 Å². The molecule has 0 aliphatic carbocycles. The summed E-state index contributed by atoms with van der Waals surface area (Å²) in [5.74, 6) is 0.856. The number of hydrogen-bond donors (Lipinski definition) is 0. The first kappa shape index (κ1) is 17.3. The molecule has 2 aliphatic heterocycles. The molecular formula is C23H20FN3S. The zero-order chi connectivity index (χ0) is 18.9. The molecule has 0 atom stereocenters. The minimum absolute atomic E-state index is 0.192. The van der Waals surface area contributed by atoms with Gasteiger partial charge in [-0.15, -0.1) is 0 Å². The first-order valence-corrected chi connectivity index (χ1v) is 10.3. The van der Waals surface area contributed by atoms with E-state index in [-0.39, 0.29) is 5.82 Å². The Bertz CT molecular complexity index is 1020. The molecule has 0 saturated carbocycles. The standard InChI is InChI=1S/C23H20FN3S/c24-17-9-11-18(12-10-17)26-13-15-27(16-14-26)23-19-5-1-3-7-21(19)28-22-8-4-2-6-20(22)25-23/h1-12H,13-16H2. The molecule has 0 bridgehead atoms. The van der Waals surface area contributed by atoms with Gasteiger partial charge in [0.2, 0.25) is 0 Å². The van der Waals surface area contributed by atoms with Gasteiger partial charge < -0.3 is 9.80 Å². The van der Waals surface area contributed by atoms with Crippen LogP contribution < -0.4 is 4.90 Å². The van der Waals surface area contributed by atoms with Gasteiger partial charge in [-0.05, 0) is 42.5 Å². The molecule has 0 radical (unpaired) electrons. The smallest absolute Gasteiger partial charge is 0.137 e. The van der Waals surface area contributed by atoms with Crippen molar-refractivity contribution < 1.29 is 4.39 Å². The van der Waals surface area contributed by atoms with Crippen molar-refractivity contribution >= 4 is 29.0 Å². The van der Waals surface area contributed by atoms with Crippen LogP contribution in [0, 0.1) is 5.82 Å². The van der Waals surface area contributed by atoms with Crippen LogP contribution in [0.5, 0.6) is 0 Å². The number of fused-ring (bicyclic) bond motifs is 2. The lowest BCUT2D eigenvalue weighted by Gasteiger charge is -2.38. The van der Waals surface area contributed by atoms with Crippen LogP contribution in [0.2, 0.25) is 0 Å².